The molecule has 4 heterocycles. The molecule has 0 atom stereocenters. The van der Waals surface area contributed by atoms with Gasteiger partial charge in [-0.1, -0.05) is 0 Å². The van der Waals surface area contributed by atoms with Crippen LogP contribution in [0.15, 0.2) is 0 Å². The van der Waals surface area contributed by atoms with Gasteiger partial charge in [0, 0.05) is 52.4 Å². The lowest BCUT2D eigenvalue weighted by Crippen LogP contribution is -2.27. The van der Waals surface area contributed by atoms with E-state index >= 15 is 0 Å². The molecule has 4 rings (SSSR count). The third-order valence-electron chi connectivity index (χ3n) is 3.98. The van der Waals surface area contributed by atoms with Gasteiger partial charge in [-0.15, -0.1) is 0 Å². The van der Waals surface area contributed by atoms with E-state index in [-0.39, 0.29) is 0 Å². The van der Waals surface area contributed by atoms with E-state index in [4.69, 9.17) is 9.84 Å². The fourth-order valence-electron chi connectivity index (χ4n) is 2.31. The normalized spacial score (nSPS) is 22.7. The highest BCUT2D eigenvalue weighted by Gasteiger charge is 2.50. The summed E-state index contributed by atoms with van der Waals surface area (Å²) >= 11 is 0. The highest BCUT2D eigenvalue weighted by molar-refractivity contribution is 7.58. The number of ether oxygens (including phenoxy) is 1. The van der Waals surface area contributed by atoms with Crippen LogP contribution in [0.2, 0.25) is 0 Å². The zero-order valence-electron chi connectivity index (χ0n) is 14.5. The van der Waals surface area contributed by atoms with Gasteiger partial charge in [-0.2, -0.15) is 0 Å². The van der Waals surface area contributed by atoms with Crippen molar-refractivity contribution in [3.63, 3.8) is 0 Å². The van der Waals surface area contributed by atoms with Crippen molar-refractivity contribution < 1.29 is 28.6 Å². The quantitative estimate of drug-likeness (QED) is 0.402. The third-order valence-corrected chi connectivity index (χ3v) is 9.61. The van der Waals surface area contributed by atoms with E-state index in [1.165, 1.54) is 0 Å². The lowest BCUT2D eigenvalue weighted by atomic mass is 10.9. The number of carbonyl (C=O) groups is 2. The molecular weight excluding hydrogens is 386 g/mol. The molecule has 0 aromatic heterocycles. The Hall–Kier alpha value is -1.16. The Balaban J connectivity index is 0.000000152. The molecule has 148 valence electrons. The minimum absolute atomic E-state index is 0.297. The predicted octanol–water partition coefficient (Wildman–Crippen LogP) is 0.465. The molecule has 0 saturated carbocycles. The number of nitrogens with zero attached hydrogens (tertiary/aromatic N) is 4. The summed E-state index contributed by atoms with van der Waals surface area (Å²) in [5, 5.41) is 13.0. The summed E-state index contributed by atoms with van der Waals surface area (Å²) < 4.78 is 35.8. The van der Waals surface area contributed by atoms with Crippen LogP contribution in [-0.2, 0) is 13.9 Å². The van der Waals surface area contributed by atoms with Crippen LogP contribution in [0.25, 0.3) is 0 Å². The van der Waals surface area contributed by atoms with Crippen LogP contribution >= 0.6 is 15.2 Å². The van der Waals surface area contributed by atoms with E-state index in [1.54, 1.807) is 25.6 Å². The summed E-state index contributed by atoms with van der Waals surface area (Å²) in [6, 6.07) is 0. The number of hydrogen-bond donors (Lipinski definition) is 3. The minimum Gasteiger partial charge on any atom is -0.465 e. The van der Waals surface area contributed by atoms with Gasteiger partial charge in [-0.25, -0.2) is 38.4 Å². The molecule has 0 aromatic carbocycles. The van der Waals surface area contributed by atoms with Gasteiger partial charge in [0.15, 0.2) is 0 Å². The van der Waals surface area contributed by atoms with E-state index in [9.17, 15) is 18.7 Å². The van der Waals surface area contributed by atoms with Gasteiger partial charge in [0.1, 0.15) is 0 Å². The standard InChI is InChI=1S/C7H14N3O3P.C5H10N3O3P/c1-2-13-7(11)8-14(12,9-3-4-9)10-5-6-10;9-5(10)6-12(11,7-1-2-7)8-3-4-8/h2-6H2,1H3,(H,8,11,12);1-4H2,(H,6,11)(H,9,10). The number of carboxylic acid groups (broad SMARTS) is 1. The number of nitrogens with one attached hydrogen (secondary N) is 2. The molecule has 0 spiro atoms. The first-order valence-corrected chi connectivity index (χ1v) is 11.7. The summed E-state index contributed by atoms with van der Waals surface area (Å²) in [5.74, 6) is 0. The molecular formula is C12H24N6O6P2. The molecule has 0 radical (unpaired) electrons. The molecule has 12 nitrogen and oxygen atoms in total. The van der Waals surface area contributed by atoms with Gasteiger partial charge in [0.05, 0.1) is 6.61 Å². The van der Waals surface area contributed by atoms with Gasteiger partial charge >= 0.3 is 27.4 Å². The second kappa shape index (κ2) is 7.46. The van der Waals surface area contributed by atoms with Crippen LogP contribution in [0.4, 0.5) is 9.59 Å². The predicted molar refractivity (Wildman–Crippen MR) is 92.8 cm³/mol. The SMILES string of the molecule is CCOC(=O)NP(=O)(N1CC1)N1CC1.O=C(O)NP(=O)(N1CC1)N1CC1. The van der Waals surface area contributed by atoms with Gasteiger partial charge in [0.2, 0.25) is 0 Å². The summed E-state index contributed by atoms with van der Waals surface area (Å²) in [4.78, 5) is 21.5. The third kappa shape index (κ3) is 4.76. The van der Waals surface area contributed by atoms with Crippen molar-refractivity contribution in [1.82, 2.24) is 28.9 Å². The molecule has 0 bridgehead atoms. The molecule has 4 fully saturated rings. The first kappa shape index (κ1) is 19.6. The van der Waals surface area contributed by atoms with Crippen LogP contribution in [-0.4, -0.2) is 94.9 Å². The maximum atomic E-state index is 12.3. The molecule has 2 amide bonds. The number of hydrogen-bond acceptors (Lipinski definition) is 5. The van der Waals surface area contributed by atoms with E-state index in [2.05, 4.69) is 10.2 Å². The average molecular weight is 410 g/mol. The molecule has 3 N–H and O–H groups in total. The van der Waals surface area contributed by atoms with Crippen molar-refractivity contribution in [2.45, 2.75) is 6.92 Å². The molecule has 4 aliphatic rings. The van der Waals surface area contributed by atoms with Crippen molar-refractivity contribution in [3.8, 4) is 0 Å². The minimum atomic E-state index is -2.88. The summed E-state index contributed by atoms with van der Waals surface area (Å²) in [6.45, 7) is 8.11. The van der Waals surface area contributed by atoms with Gasteiger partial charge in [-0.05, 0) is 6.92 Å². The fourth-order valence-corrected chi connectivity index (χ4v) is 6.67. The topological polar surface area (TPSA) is 134 Å². The lowest BCUT2D eigenvalue weighted by molar-refractivity contribution is 0.157. The monoisotopic (exact) mass is 410 g/mol. The second-order valence-corrected chi connectivity index (χ2v) is 11.0. The zero-order chi connectivity index (χ0) is 18.9. The molecule has 4 aliphatic heterocycles. The van der Waals surface area contributed by atoms with Crippen molar-refractivity contribution in [2.24, 2.45) is 0 Å². The van der Waals surface area contributed by atoms with Gasteiger partial charge in [0.25, 0.3) is 0 Å². The van der Waals surface area contributed by atoms with Crippen LogP contribution in [0.3, 0.4) is 0 Å². The van der Waals surface area contributed by atoms with Crippen LogP contribution in [0.5, 0.6) is 0 Å². The van der Waals surface area contributed by atoms with E-state index in [1.807, 2.05) is 0 Å². The van der Waals surface area contributed by atoms with Crippen LogP contribution in [0, 0.1) is 0 Å². The summed E-state index contributed by atoms with van der Waals surface area (Å²) in [6.07, 6.45) is -1.80. The Kier molecular flexibility index (Phi) is 5.62. The van der Waals surface area contributed by atoms with Crippen LogP contribution < -0.4 is 10.2 Å². The highest BCUT2D eigenvalue weighted by Crippen LogP contribution is 2.57. The molecule has 4 saturated heterocycles. The Bertz CT molecular complexity index is 629. The number of rotatable bonds is 7. The molecule has 0 aliphatic carbocycles. The molecule has 0 aromatic rings. The maximum Gasteiger partial charge on any atom is 0.414 e. The first-order chi connectivity index (χ1) is 12.3. The Morgan fingerprint density at radius 2 is 1.19 bits per heavy atom. The van der Waals surface area contributed by atoms with E-state index < -0.39 is 27.4 Å². The Labute approximate surface area is 151 Å². The molecule has 26 heavy (non-hydrogen) atoms. The first-order valence-electron chi connectivity index (χ1n) is 8.47. The number of carbonyl (C=O) groups excluding carboxylic acids is 1. The Morgan fingerprint density at radius 3 is 1.46 bits per heavy atom. The van der Waals surface area contributed by atoms with Crippen molar-refractivity contribution in [1.29, 1.82) is 0 Å². The molecule has 14 heteroatoms. The van der Waals surface area contributed by atoms with Crippen molar-refractivity contribution >= 4 is 27.4 Å². The fraction of sp³-hybridized carbons (Fsp3) is 0.833. The van der Waals surface area contributed by atoms with E-state index in [0.29, 0.717) is 6.61 Å². The average Bonchev–Trinajstić information content (AvgIpc) is 3.38. The summed E-state index contributed by atoms with van der Waals surface area (Å²) in [7, 11) is -5.66. The van der Waals surface area contributed by atoms with Crippen molar-refractivity contribution in [3.05, 3.63) is 0 Å². The second-order valence-electron chi connectivity index (χ2n) is 6.15. The van der Waals surface area contributed by atoms with Gasteiger partial charge in [-0.3, -0.25) is 9.13 Å². The lowest BCUT2D eigenvalue weighted by Gasteiger charge is -2.20. The largest absolute Gasteiger partial charge is 0.465 e. The number of amides is 2. The Morgan fingerprint density at radius 1 is 0.846 bits per heavy atom. The zero-order valence-corrected chi connectivity index (χ0v) is 16.3. The highest BCUT2D eigenvalue weighted by atomic mass is 31.2. The smallest absolute Gasteiger partial charge is 0.414 e. The van der Waals surface area contributed by atoms with Crippen LogP contribution in [0.1, 0.15) is 6.92 Å². The summed E-state index contributed by atoms with van der Waals surface area (Å²) in [5.41, 5.74) is 0. The van der Waals surface area contributed by atoms with E-state index in [0.717, 1.165) is 52.4 Å². The van der Waals surface area contributed by atoms with Gasteiger partial charge < -0.3 is 9.84 Å². The molecule has 0 unspecified atom stereocenters. The maximum absolute atomic E-state index is 12.3. The van der Waals surface area contributed by atoms with Crippen molar-refractivity contribution in [2.75, 3.05) is 59.0 Å².